The molecule has 0 fully saturated rings. The first-order chi connectivity index (χ1) is 9.91. The van der Waals surface area contributed by atoms with Crippen LogP contribution in [0.15, 0.2) is 36.8 Å². The second-order valence-corrected chi connectivity index (χ2v) is 4.10. The second kappa shape index (κ2) is 5.90. The highest BCUT2D eigenvalue weighted by Crippen LogP contribution is 2.28. The molecule has 0 N–H and O–H groups in total. The Balaban J connectivity index is 2.26. The molecule has 2 rings (SSSR count). The number of ether oxygens (including phenoxy) is 1. The van der Waals surface area contributed by atoms with Crippen LogP contribution in [-0.2, 0) is 6.18 Å². The molecule has 0 atom stereocenters. The van der Waals surface area contributed by atoms with Gasteiger partial charge in [-0.1, -0.05) is 0 Å². The summed E-state index contributed by atoms with van der Waals surface area (Å²) in [6, 6.07) is 3.33. The van der Waals surface area contributed by atoms with Crippen molar-refractivity contribution in [3.63, 3.8) is 0 Å². The van der Waals surface area contributed by atoms with Gasteiger partial charge < -0.3 is 4.74 Å². The second-order valence-electron chi connectivity index (χ2n) is 4.10. The van der Waals surface area contributed by atoms with Crippen LogP contribution in [0.1, 0.15) is 28.5 Å². The van der Waals surface area contributed by atoms with Gasteiger partial charge in [0.1, 0.15) is 11.4 Å². The lowest BCUT2D eigenvalue weighted by atomic mass is 10.1. The lowest BCUT2D eigenvalue weighted by Gasteiger charge is -2.07. The van der Waals surface area contributed by atoms with Crippen LogP contribution in [0.4, 0.5) is 13.2 Å². The Morgan fingerprint density at radius 2 is 2.00 bits per heavy atom. The van der Waals surface area contributed by atoms with Crippen molar-refractivity contribution in [3.8, 4) is 5.75 Å². The summed E-state index contributed by atoms with van der Waals surface area (Å²) in [6.45, 7) is 2.20. The van der Waals surface area contributed by atoms with Crippen LogP contribution in [0.25, 0.3) is 0 Å². The molecule has 0 aliphatic rings. The maximum absolute atomic E-state index is 12.4. The van der Waals surface area contributed by atoms with Gasteiger partial charge in [-0.3, -0.25) is 14.8 Å². The molecule has 21 heavy (non-hydrogen) atoms. The van der Waals surface area contributed by atoms with E-state index in [9.17, 15) is 18.0 Å². The number of aromatic nitrogens is 2. The number of carbonyl (C=O) groups excluding carboxylic acids is 1. The molecule has 0 bridgehead atoms. The van der Waals surface area contributed by atoms with E-state index >= 15 is 0 Å². The number of nitrogens with zero attached hydrogens (tertiary/aromatic N) is 2. The molecular weight excluding hydrogens is 285 g/mol. The van der Waals surface area contributed by atoms with E-state index in [0.29, 0.717) is 18.6 Å². The summed E-state index contributed by atoms with van der Waals surface area (Å²) in [5.74, 6) is -0.104. The Morgan fingerprint density at radius 1 is 1.24 bits per heavy atom. The van der Waals surface area contributed by atoms with Gasteiger partial charge in [0.15, 0.2) is 0 Å². The fourth-order valence-corrected chi connectivity index (χ4v) is 1.63. The Morgan fingerprint density at radius 3 is 2.57 bits per heavy atom. The molecule has 0 aliphatic heterocycles. The van der Waals surface area contributed by atoms with Crippen molar-refractivity contribution in [2.45, 2.75) is 13.1 Å². The summed E-state index contributed by atoms with van der Waals surface area (Å²) >= 11 is 0. The lowest BCUT2D eigenvalue weighted by molar-refractivity contribution is -0.137. The number of hydrogen-bond donors (Lipinski definition) is 0. The molecular formula is C14H11F3N2O2. The zero-order chi connectivity index (χ0) is 15.5. The number of rotatable bonds is 4. The Labute approximate surface area is 118 Å². The molecule has 0 saturated carbocycles. The van der Waals surface area contributed by atoms with E-state index in [1.807, 2.05) is 0 Å². The summed E-state index contributed by atoms with van der Waals surface area (Å²) in [6.07, 6.45) is -1.09. The third kappa shape index (κ3) is 3.56. The van der Waals surface area contributed by atoms with Gasteiger partial charge in [0.2, 0.25) is 5.78 Å². The summed E-state index contributed by atoms with van der Waals surface area (Å²) in [7, 11) is 0. The number of pyridine rings is 2. The average molecular weight is 296 g/mol. The van der Waals surface area contributed by atoms with Gasteiger partial charge in [0.05, 0.1) is 18.4 Å². The van der Waals surface area contributed by atoms with Crippen molar-refractivity contribution in [2.24, 2.45) is 0 Å². The monoisotopic (exact) mass is 296 g/mol. The molecule has 0 amide bonds. The van der Waals surface area contributed by atoms with Gasteiger partial charge in [-0.05, 0) is 25.1 Å². The topological polar surface area (TPSA) is 52.1 Å². The Bertz CT molecular complexity index is 639. The van der Waals surface area contributed by atoms with Crippen molar-refractivity contribution in [3.05, 3.63) is 53.6 Å². The van der Waals surface area contributed by atoms with E-state index in [1.165, 1.54) is 18.5 Å². The first-order valence-corrected chi connectivity index (χ1v) is 6.07. The van der Waals surface area contributed by atoms with Gasteiger partial charge in [-0.15, -0.1) is 0 Å². The van der Waals surface area contributed by atoms with Crippen LogP contribution >= 0.6 is 0 Å². The highest BCUT2D eigenvalue weighted by molar-refractivity contribution is 6.07. The minimum atomic E-state index is -4.48. The molecule has 0 aliphatic carbocycles. The number of ketones is 1. The summed E-state index contributed by atoms with van der Waals surface area (Å²) in [5.41, 5.74) is -0.785. The molecule has 0 saturated heterocycles. The standard InChI is InChI=1S/C14H11F3N2O2/c1-2-21-11-5-9(6-18-8-11)13(20)12-4-3-10(7-19-12)14(15,16)17/h3-8H,2H2,1H3. The molecule has 0 unspecified atom stereocenters. The van der Waals surface area contributed by atoms with Gasteiger partial charge in [-0.25, -0.2) is 0 Å². The van der Waals surface area contributed by atoms with E-state index in [0.717, 1.165) is 12.1 Å². The van der Waals surface area contributed by atoms with Crippen LogP contribution in [0, 0.1) is 0 Å². The highest BCUT2D eigenvalue weighted by atomic mass is 19.4. The highest BCUT2D eigenvalue weighted by Gasteiger charge is 2.31. The molecule has 0 aromatic carbocycles. The van der Waals surface area contributed by atoms with Crippen LogP contribution in [0.5, 0.6) is 5.75 Å². The largest absolute Gasteiger partial charge is 0.492 e. The van der Waals surface area contributed by atoms with Crippen molar-refractivity contribution in [2.75, 3.05) is 6.61 Å². The first-order valence-electron chi connectivity index (χ1n) is 6.07. The van der Waals surface area contributed by atoms with Gasteiger partial charge >= 0.3 is 6.18 Å². The van der Waals surface area contributed by atoms with Crippen LogP contribution in [-0.4, -0.2) is 22.4 Å². The van der Waals surface area contributed by atoms with Crippen LogP contribution in [0.3, 0.4) is 0 Å². The normalized spacial score (nSPS) is 11.2. The number of alkyl halides is 3. The Kier molecular flexibility index (Phi) is 4.21. The molecule has 0 radical (unpaired) electrons. The van der Waals surface area contributed by atoms with Crippen molar-refractivity contribution >= 4 is 5.78 Å². The minimum Gasteiger partial charge on any atom is -0.492 e. The lowest BCUT2D eigenvalue weighted by Crippen LogP contribution is -2.09. The van der Waals surface area contributed by atoms with Crippen LogP contribution < -0.4 is 4.74 Å². The van der Waals surface area contributed by atoms with Gasteiger partial charge in [0, 0.05) is 18.0 Å². The van der Waals surface area contributed by atoms with Gasteiger partial charge in [0.25, 0.3) is 0 Å². The number of carbonyl (C=O) groups is 1. The SMILES string of the molecule is CCOc1cncc(C(=O)c2ccc(C(F)(F)F)cn2)c1. The Hall–Kier alpha value is -2.44. The van der Waals surface area contributed by atoms with E-state index < -0.39 is 17.5 Å². The summed E-state index contributed by atoms with van der Waals surface area (Å²) < 4.78 is 42.5. The van der Waals surface area contributed by atoms with Crippen molar-refractivity contribution in [1.29, 1.82) is 0 Å². The predicted molar refractivity (Wildman–Crippen MR) is 68.1 cm³/mol. The molecule has 4 nitrogen and oxygen atoms in total. The fraction of sp³-hybridized carbons (Fsp3) is 0.214. The van der Waals surface area contributed by atoms with Crippen molar-refractivity contribution < 1.29 is 22.7 Å². The summed E-state index contributed by atoms with van der Waals surface area (Å²) in [4.78, 5) is 19.5. The number of halogens is 3. The summed E-state index contributed by atoms with van der Waals surface area (Å²) in [5, 5.41) is 0. The third-order valence-corrected chi connectivity index (χ3v) is 2.61. The quantitative estimate of drug-likeness (QED) is 0.813. The third-order valence-electron chi connectivity index (χ3n) is 2.61. The smallest absolute Gasteiger partial charge is 0.417 e. The maximum Gasteiger partial charge on any atom is 0.417 e. The van der Waals surface area contributed by atoms with E-state index in [4.69, 9.17) is 4.74 Å². The molecule has 2 aromatic rings. The minimum absolute atomic E-state index is 0.0848. The fourth-order valence-electron chi connectivity index (χ4n) is 1.63. The predicted octanol–water partition coefficient (Wildman–Crippen LogP) is 3.13. The molecule has 110 valence electrons. The molecule has 2 heterocycles. The maximum atomic E-state index is 12.4. The van der Waals surface area contributed by atoms with E-state index in [2.05, 4.69) is 9.97 Å². The zero-order valence-electron chi connectivity index (χ0n) is 11.0. The average Bonchev–Trinajstić information content (AvgIpc) is 2.46. The molecule has 2 aromatic heterocycles. The molecule has 7 heteroatoms. The first kappa shape index (κ1) is 15.0. The van der Waals surface area contributed by atoms with E-state index in [1.54, 1.807) is 6.92 Å². The van der Waals surface area contributed by atoms with E-state index in [-0.39, 0.29) is 11.3 Å². The zero-order valence-corrected chi connectivity index (χ0v) is 11.0. The van der Waals surface area contributed by atoms with Crippen LogP contribution in [0.2, 0.25) is 0 Å². The molecule has 0 spiro atoms. The number of hydrogen-bond acceptors (Lipinski definition) is 4. The van der Waals surface area contributed by atoms with Crippen molar-refractivity contribution in [1.82, 2.24) is 9.97 Å². The van der Waals surface area contributed by atoms with Gasteiger partial charge in [-0.2, -0.15) is 13.2 Å².